The number of aryl methyl sites for hydroxylation is 3. The molecular formula is C20H24N2O2. The van der Waals surface area contributed by atoms with E-state index in [1.807, 2.05) is 64.1 Å². The highest BCUT2D eigenvalue weighted by atomic mass is 16.2. The summed E-state index contributed by atoms with van der Waals surface area (Å²) in [4.78, 5) is 24.2. The summed E-state index contributed by atoms with van der Waals surface area (Å²) in [5.74, 6) is -0.445. The normalized spacial score (nSPS) is 11.7. The van der Waals surface area contributed by atoms with Gasteiger partial charge < -0.3 is 10.6 Å². The molecule has 24 heavy (non-hydrogen) atoms. The van der Waals surface area contributed by atoms with Crippen molar-refractivity contribution in [1.82, 2.24) is 10.6 Å². The Labute approximate surface area is 143 Å². The van der Waals surface area contributed by atoms with Crippen molar-refractivity contribution < 1.29 is 9.59 Å². The van der Waals surface area contributed by atoms with Crippen molar-refractivity contribution in [3.8, 4) is 0 Å². The van der Waals surface area contributed by atoms with Crippen molar-refractivity contribution >= 4 is 11.8 Å². The van der Waals surface area contributed by atoms with Crippen LogP contribution in [-0.2, 0) is 4.79 Å². The maximum absolute atomic E-state index is 12.1. The molecule has 0 heterocycles. The standard InChI is InChI=1S/C20H24N2O2/c1-13-9-10-17(11-15(13)3)20(24)21-12-19(23)22-16(4)18-8-6-5-7-14(18)2/h5-11,16H,12H2,1-4H3,(H,21,24)(H,22,23). The molecule has 4 nitrogen and oxygen atoms in total. The molecule has 0 aliphatic rings. The molecule has 0 saturated heterocycles. The molecule has 0 aliphatic carbocycles. The van der Waals surface area contributed by atoms with Gasteiger partial charge in [0.15, 0.2) is 0 Å². The summed E-state index contributed by atoms with van der Waals surface area (Å²) in [7, 11) is 0. The van der Waals surface area contributed by atoms with Gasteiger partial charge in [0.2, 0.25) is 5.91 Å². The minimum absolute atomic E-state index is 0.0397. The van der Waals surface area contributed by atoms with Gasteiger partial charge in [0.25, 0.3) is 5.91 Å². The van der Waals surface area contributed by atoms with Gasteiger partial charge in [-0.2, -0.15) is 0 Å². The summed E-state index contributed by atoms with van der Waals surface area (Å²) in [5, 5.41) is 5.58. The second kappa shape index (κ2) is 7.77. The Bertz CT molecular complexity index is 753. The van der Waals surface area contributed by atoms with E-state index in [9.17, 15) is 9.59 Å². The zero-order valence-corrected chi connectivity index (χ0v) is 14.6. The molecule has 0 aromatic heterocycles. The van der Waals surface area contributed by atoms with Crippen LogP contribution >= 0.6 is 0 Å². The number of hydrogen-bond donors (Lipinski definition) is 2. The summed E-state index contributed by atoms with van der Waals surface area (Å²) >= 11 is 0. The highest BCUT2D eigenvalue weighted by Gasteiger charge is 2.13. The van der Waals surface area contributed by atoms with Crippen molar-refractivity contribution in [3.63, 3.8) is 0 Å². The molecule has 4 heteroatoms. The van der Waals surface area contributed by atoms with E-state index < -0.39 is 0 Å². The Hall–Kier alpha value is -2.62. The van der Waals surface area contributed by atoms with Gasteiger partial charge in [-0.05, 0) is 62.1 Å². The summed E-state index contributed by atoms with van der Waals surface area (Å²) in [6.45, 7) is 7.87. The molecule has 2 rings (SSSR count). The van der Waals surface area contributed by atoms with Crippen LogP contribution in [0.5, 0.6) is 0 Å². The fourth-order valence-electron chi connectivity index (χ4n) is 2.59. The first-order chi connectivity index (χ1) is 11.4. The Morgan fingerprint density at radius 2 is 1.67 bits per heavy atom. The van der Waals surface area contributed by atoms with E-state index in [4.69, 9.17) is 0 Å². The van der Waals surface area contributed by atoms with Gasteiger partial charge in [-0.25, -0.2) is 0 Å². The van der Waals surface area contributed by atoms with Crippen LogP contribution in [0.4, 0.5) is 0 Å². The Morgan fingerprint density at radius 1 is 0.958 bits per heavy atom. The molecule has 0 fully saturated rings. The summed E-state index contributed by atoms with van der Waals surface area (Å²) in [6, 6.07) is 13.3. The number of carbonyl (C=O) groups excluding carboxylic acids is 2. The predicted molar refractivity (Wildman–Crippen MR) is 96.0 cm³/mol. The smallest absolute Gasteiger partial charge is 0.251 e. The molecule has 0 radical (unpaired) electrons. The van der Waals surface area contributed by atoms with Crippen molar-refractivity contribution in [1.29, 1.82) is 0 Å². The third-order valence-electron chi connectivity index (χ3n) is 4.21. The first kappa shape index (κ1) is 17.7. The molecule has 0 saturated carbocycles. The fourth-order valence-corrected chi connectivity index (χ4v) is 2.59. The van der Waals surface area contributed by atoms with Crippen molar-refractivity contribution in [2.24, 2.45) is 0 Å². The van der Waals surface area contributed by atoms with E-state index in [0.717, 1.165) is 22.3 Å². The minimum Gasteiger partial charge on any atom is -0.348 e. The topological polar surface area (TPSA) is 58.2 Å². The third-order valence-corrected chi connectivity index (χ3v) is 4.21. The van der Waals surface area contributed by atoms with Crippen LogP contribution in [0.25, 0.3) is 0 Å². The number of benzene rings is 2. The van der Waals surface area contributed by atoms with E-state index in [0.29, 0.717) is 5.56 Å². The maximum atomic E-state index is 12.1. The van der Waals surface area contributed by atoms with Crippen LogP contribution in [0.15, 0.2) is 42.5 Å². The van der Waals surface area contributed by atoms with Crippen LogP contribution in [0, 0.1) is 20.8 Å². The minimum atomic E-state index is -0.239. The zero-order chi connectivity index (χ0) is 17.7. The van der Waals surface area contributed by atoms with E-state index in [2.05, 4.69) is 10.6 Å². The highest BCUT2D eigenvalue weighted by molar-refractivity contribution is 5.96. The number of hydrogen-bond acceptors (Lipinski definition) is 2. The van der Waals surface area contributed by atoms with Gasteiger partial charge in [0.05, 0.1) is 12.6 Å². The molecule has 2 N–H and O–H groups in total. The molecule has 1 atom stereocenters. The first-order valence-corrected chi connectivity index (χ1v) is 8.09. The molecule has 0 bridgehead atoms. The molecular weight excluding hydrogens is 300 g/mol. The molecule has 1 unspecified atom stereocenters. The lowest BCUT2D eigenvalue weighted by molar-refractivity contribution is -0.120. The molecule has 2 amide bonds. The van der Waals surface area contributed by atoms with Gasteiger partial charge in [0.1, 0.15) is 0 Å². The zero-order valence-electron chi connectivity index (χ0n) is 14.6. The Morgan fingerprint density at radius 3 is 2.33 bits per heavy atom. The van der Waals surface area contributed by atoms with Gasteiger partial charge in [-0.15, -0.1) is 0 Å². The number of nitrogens with one attached hydrogen (secondary N) is 2. The van der Waals surface area contributed by atoms with Crippen LogP contribution in [-0.4, -0.2) is 18.4 Å². The lowest BCUT2D eigenvalue weighted by Gasteiger charge is -2.16. The van der Waals surface area contributed by atoms with Crippen molar-refractivity contribution in [3.05, 3.63) is 70.3 Å². The second-order valence-electron chi connectivity index (χ2n) is 6.13. The second-order valence-corrected chi connectivity index (χ2v) is 6.13. The van der Waals surface area contributed by atoms with E-state index in [-0.39, 0.29) is 24.4 Å². The highest BCUT2D eigenvalue weighted by Crippen LogP contribution is 2.16. The summed E-state index contributed by atoms with van der Waals surface area (Å²) in [5.41, 5.74) is 4.96. The summed E-state index contributed by atoms with van der Waals surface area (Å²) < 4.78 is 0. The SMILES string of the molecule is Cc1ccc(C(=O)NCC(=O)NC(C)c2ccccc2C)cc1C. The van der Waals surface area contributed by atoms with Gasteiger partial charge in [-0.1, -0.05) is 30.3 Å². The number of carbonyl (C=O) groups is 2. The van der Waals surface area contributed by atoms with E-state index in [1.165, 1.54) is 0 Å². The van der Waals surface area contributed by atoms with Crippen LogP contribution in [0.1, 0.15) is 45.6 Å². The first-order valence-electron chi connectivity index (χ1n) is 8.09. The van der Waals surface area contributed by atoms with Gasteiger partial charge in [-0.3, -0.25) is 9.59 Å². The van der Waals surface area contributed by atoms with Crippen molar-refractivity contribution in [2.45, 2.75) is 33.7 Å². The molecule has 126 valence electrons. The molecule has 2 aromatic rings. The van der Waals surface area contributed by atoms with Crippen LogP contribution in [0.2, 0.25) is 0 Å². The van der Waals surface area contributed by atoms with E-state index in [1.54, 1.807) is 6.07 Å². The quantitative estimate of drug-likeness (QED) is 0.887. The van der Waals surface area contributed by atoms with Gasteiger partial charge >= 0.3 is 0 Å². The maximum Gasteiger partial charge on any atom is 0.251 e. The number of rotatable bonds is 5. The monoisotopic (exact) mass is 324 g/mol. The molecule has 2 aromatic carbocycles. The lowest BCUT2D eigenvalue weighted by atomic mass is 10.0. The lowest BCUT2D eigenvalue weighted by Crippen LogP contribution is -2.38. The average Bonchev–Trinajstić information content (AvgIpc) is 2.55. The van der Waals surface area contributed by atoms with E-state index >= 15 is 0 Å². The predicted octanol–water partition coefficient (Wildman–Crippen LogP) is 3.22. The fraction of sp³-hybridized carbons (Fsp3) is 0.300. The Kier molecular flexibility index (Phi) is 5.74. The average molecular weight is 324 g/mol. The van der Waals surface area contributed by atoms with Gasteiger partial charge in [0, 0.05) is 5.56 Å². The number of amides is 2. The Balaban J connectivity index is 1.89. The summed E-state index contributed by atoms with van der Waals surface area (Å²) in [6.07, 6.45) is 0. The van der Waals surface area contributed by atoms with Crippen molar-refractivity contribution in [2.75, 3.05) is 6.54 Å². The molecule has 0 aliphatic heterocycles. The van der Waals surface area contributed by atoms with Crippen LogP contribution in [0.3, 0.4) is 0 Å². The third kappa shape index (κ3) is 4.44. The largest absolute Gasteiger partial charge is 0.348 e. The molecule has 0 spiro atoms. The van der Waals surface area contributed by atoms with Crippen LogP contribution < -0.4 is 10.6 Å².